The number of rotatable bonds is 5. The van der Waals surface area contributed by atoms with Crippen LogP contribution >= 0.6 is 0 Å². The molecule has 7 nitrogen and oxygen atoms in total. The van der Waals surface area contributed by atoms with Crippen molar-refractivity contribution >= 4 is 16.0 Å². The van der Waals surface area contributed by atoms with Gasteiger partial charge in [0.15, 0.2) is 0 Å². The number of sulfonamides is 1. The normalized spacial score (nSPS) is 11.8. The first-order valence-electron chi connectivity index (χ1n) is 6.20. The van der Waals surface area contributed by atoms with Gasteiger partial charge in [0.25, 0.3) is 0 Å². The van der Waals surface area contributed by atoms with Crippen molar-refractivity contribution < 1.29 is 22.7 Å². The van der Waals surface area contributed by atoms with Gasteiger partial charge in [0.2, 0.25) is 10.0 Å². The summed E-state index contributed by atoms with van der Waals surface area (Å²) in [6, 6.07) is 3.41. The lowest BCUT2D eigenvalue weighted by Gasteiger charge is -2.06. The molecule has 0 aromatic carbocycles. The molecule has 0 fully saturated rings. The molecule has 0 atom stereocenters. The van der Waals surface area contributed by atoms with E-state index < -0.39 is 16.0 Å². The van der Waals surface area contributed by atoms with Crippen LogP contribution in [0.4, 0.5) is 0 Å². The molecule has 3 N–H and O–H groups in total. The van der Waals surface area contributed by atoms with Crippen LogP contribution < -0.4 is 4.72 Å². The van der Waals surface area contributed by atoms with Gasteiger partial charge >= 0.3 is 5.97 Å². The third-order valence-corrected chi connectivity index (χ3v) is 4.76. The van der Waals surface area contributed by atoms with Gasteiger partial charge in [0.1, 0.15) is 22.1 Å². The van der Waals surface area contributed by atoms with Gasteiger partial charge in [0.05, 0.1) is 6.54 Å². The van der Waals surface area contributed by atoms with Gasteiger partial charge in [-0.25, -0.2) is 17.9 Å². The predicted octanol–water partition coefficient (Wildman–Crippen LogP) is 1.71. The Hall–Kier alpha value is -2.06. The van der Waals surface area contributed by atoms with Gasteiger partial charge in [-0.15, -0.1) is 0 Å². The molecule has 0 aliphatic heterocycles. The highest BCUT2D eigenvalue weighted by Crippen LogP contribution is 2.23. The molecule has 0 bridgehead atoms. The third kappa shape index (κ3) is 3.01. The van der Waals surface area contributed by atoms with E-state index in [0.29, 0.717) is 11.5 Å². The Morgan fingerprint density at radius 3 is 2.48 bits per heavy atom. The van der Waals surface area contributed by atoms with Gasteiger partial charge in [-0.1, -0.05) is 0 Å². The number of carboxylic acid groups (broad SMARTS) is 1. The van der Waals surface area contributed by atoms with Gasteiger partial charge in [-0.05, 0) is 32.9 Å². The van der Waals surface area contributed by atoms with E-state index >= 15 is 0 Å². The molecule has 2 aromatic heterocycles. The fraction of sp³-hybridized carbons (Fsp3) is 0.308. The Balaban J connectivity index is 2.29. The maximum atomic E-state index is 12.3. The Bertz CT molecular complexity index is 786. The molecule has 0 aliphatic rings. The van der Waals surface area contributed by atoms with Crippen molar-refractivity contribution in [3.05, 3.63) is 40.6 Å². The Kier molecular flexibility index (Phi) is 3.93. The Morgan fingerprint density at radius 1 is 1.33 bits per heavy atom. The van der Waals surface area contributed by atoms with E-state index in [9.17, 15) is 13.2 Å². The second-order valence-electron chi connectivity index (χ2n) is 4.72. The molecule has 0 saturated heterocycles. The maximum Gasteiger partial charge on any atom is 0.352 e. The standard InChI is InChI=1S/C13H16N2O5S/c1-7-4-5-10(20-7)6-14-21(18,19)12-8(2)11(13(16)17)15-9(12)3/h4-5,14-15H,6H2,1-3H3,(H,16,17). The first-order chi connectivity index (χ1) is 9.72. The molecule has 0 radical (unpaired) electrons. The van der Waals surface area contributed by atoms with Crippen LogP contribution in [-0.4, -0.2) is 24.5 Å². The van der Waals surface area contributed by atoms with Crippen LogP contribution in [0, 0.1) is 20.8 Å². The fourth-order valence-corrected chi connectivity index (χ4v) is 3.60. The highest BCUT2D eigenvalue weighted by atomic mass is 32.2. The molecule has 21 heavy (non-hydrogen) atoms. The van der Waals surface area contributed by atoms with E-state index in [1.165, 1.54) is 13.8 Å². The lowest BCUT2D eigenvalue weighted by molar-refractivity contribution is 0.0690. The minimum absolute atomic E-state index is 0.00262. The van der Waals surface area contributed by atoms with Crippen LogP contribution in [0.1, 0.15) is 33.3 Å². The lowest BCUT2D eigenvalue weighted by Crippen LogP contribution is -2.24. The summed E-state index contributed by atoms with van der Waals surface area (Å²) in [6.07, 6.45) is 0. The molecule has 114 valence electrons. The smallest absolute Gasteiger partial charge is 0.352 e. The summed E-state index contributed by atoms with van der Waals surface area (Å²) in [5.74, 6) is -0.0227. The summed E-state index contributed by atoms with van der Waals surface area (Å²) in [6.45, 7) is 4.74. The zero-order chi connectivity index (χ0) is 15.8. The summed E-state index contributed by atoms with van der Waals surface area (Å²) in [7, 11) is -3.83. The fourth-order valence-electron chi connectivity index (χ4n) is 2.17. The van der Waals surface area contributed by atoms with Crippen molar-refractivity contribution in [2.45, 2.75) is 32.2 Å². The SMILES string of the molecule is Cc1ccc(CNS(=O)(=O)c2c(C)[nH]c(C(=O)O)c2C)o1. The summed E-state index contributed by atoms with van der Waals surface area (Å²) in [5, 5.41) is 9.02. The molecular formula is C13H16N2O5S. The van der Waals surface area contributed by atoms with E-state index in [1.807, 2.05) is 0 Å². The molecule has 2 heterocycles. The number of furan rings is 1. The van der Waals surface area contributed by atoms with Crippen molar-refractivity contribution in [2.24, 2.45) is 0 Å². The lowest BCUT2D eigenvalue weighted by atomic mass is 10.2. The number of H-pyrrole nitrogens is 1. The van der Waals surface area contributed by atoms with Crippen molar-refractivity contribution in [1.29, 1.82) is 0 Å². The zero-order valence-corrected chi connectivity index (χ0v) is 12.7. The van der Waals surface area contributed by atoms with Gasteiger partial charge in [0, 0.05) is 11.3 Å². The minimum Gasteiger partial charge on any atom is -0.477 e. The third-order valence-electron chi connectivity index (χ3n) is 3.08. The second kappa shape index (κ2) is 5.38. The predicted molar refractivity (Wildman–Crippen MR) is 74.7 cm³/mol. The Morgan fingerprint density at radius 2 is 2.00 bits per heavy atom. The van der Waals surface area contributed by atoms with Crippen LogP contribution in [-0.2, 0) is 16.6 Å². The minimum atomic E-state index is -3.83. The molecule has 2 rings (SSSR count). The van der Waals surface area contributed by atoms with Gasteiger partial charge in [-0.3, -0.25) is 0 Å². The highest BCUT2D eigenvalue weighted by Gasteiger charge is 2.26. The van der Waals surface area contributed by atoms with Crippen LogP contribution in [0.2, 0.25) is 0 Å². The molecule has 0 unspecified atom stereocenters. The number of carboxylic acids is 1. The first kappa shape index (κ1) is 15.3. The van der Waals surface area contributed by atoms with E-state index in [4.69, 9.17) is 9.52 Å². The summed E-state index contributed by atoms with van der Waals surface area (Å²) in [5.41, 5.74) is 0.345. The van der Waals surface area contributed by atoms with E-state index in [1.54, 1.807) is 19.1 Å². The zero-order valence-electron chi connectivity index (χ0n) is 11.9. The topological polar surface area (TPSA) is 112 Å². The van der Waals surface area contributed by atoms with Crippen LogP contribution in [0.15, 0.2) is 21.4 Å². The molecular weight excluding hydrogens is 296 g/mol. The molecule has 2 aromatic rings. The average Bonchev–Trinajstić information content (AvgIpc) is 2.91. The number of carbonyl (C=O) groups is 1. The first-order valence-corrected chi connectivity index (χ1v) is 7.68. The second-order valence-corrected chi connectivity index (χ2v) is 6.42. The van der Waals surface area contributed by atoms with Crippen molar-refractivity contribution in [2.75, 3.05) is 0 Å². The molecule has 0 amide bonds. The van der Waals surface area contributed by atoms with Gasteiger partial charge < -0.3 is 14.5 Å². The van der Waals surface area contributed by atoms with Crippen molar-refractivity contribution in [3.63, 3.8) is 0 Å². The largest absolute Gasteiger partial charge is 0.477 e. The maximum absolute atomic E-state index is 12.3. The van der Waals surface area contributed by atoms with Crippen LogP contribution in [0.3, 0.4) is 0 Å². The van der Waals surface area contributed by atoms with Crippen LogP contribution in [0.5, 0.6) is 0 Å². The average molecular weight is 312 g/mol. The Labute approximate surface area is 122 Å². The van der Waals surface area contributed by atoms with E-state index in [2.05, 4.69) is 9.71 Å². The summed E-state index contributed by atoms with van der Waals surface area (Å²) >= 11 is 0. The molecule has 0 saturated carbocycles. The molecule has 8 heteroatoms. The number of hydrogen-bond acceptors (Lipinski definition) is 4. The molecule has 0 aliphatic carbocycles. The number of aromatic amines is 1. The summed E-state index contributed by atoms with van der Waals surface area (Å²) in [4.78, 5) is 13.6. The van der Waals surface area contributed by atoms with E-state index in [0.717, 1.165) is 0 Å². The van der Waals surface area contributed by atoms with Crippen molar-refractivity contribution in [3.8, 4) is 0 Å². The number of aryl methyl sites for hydroxylation is 2. The highest BCUT2D eigenvalue weighted by molar-refractivity contribution is 7.89. The molecule has 0 spiro atoms. The van der Waals surface area contributed by atoms with Crippen molar-refractivity contribution in [1.82, 2.24) is 9.71 Å². The quantitative estimate of drug-likeness (QED) is 0.778. The summed E-state index contributed by atoms with van der Waals surface area (Å²) < 4.78 is 32.3. The van der Waals surface area contributed by atoms with E-state index in [-0.39, 0.29) is 28.4 Å². The number of aromatic carboxylic acids is 1. The number of nitrogens with one attached hydrogen (secondary N) is 2. The number of aromatic nitrogens is 1. The monoisotopic (exact) mass is 312 g/mol. The van der Waals surface area contributed by atoms with Gasteiger partial charge in [-0.2, -0.15) is 0 Å². The number of hydrogen-bond donors (Lipinski definition) is 3. The van der Waals surface area contributed by atoms with Crippen LogP contribution in [0.25, 0.3) is 0 Å².